The number of anilines is 2. The number of hydrogen-bond donors (Lipinski definition) is 1. The second-order valence-electron chi connectivity index (χ2n) is 8.21. The van der Waals surface area contributed by atoms with E-state index in [1.807, 2.05) is 12.1 Å². The largest absolute Gasteiger partial charge is 0.452 e. The number of ether oxygens (including phenoxy) is 2. The predicted octanol–water partition coefficient (Wildman–Crippen LogP) is 2.88. The Hall–Kier alpha value is -3.02. The average molecular weight is 508 g/mol. The van der Waals surface area contributed by atoms with Gasteiger partial charge in [-0.25, -0.2) is 17.6 Å². The number of sulfonamides is 1. The number of rotatable bonds is 9. The SMILES string of the molecule is CCN(c1ccc(NC(=O)COC(=O)c2ccc(F)c(S(=O)(=O)N3CCOCC3)c2)cc1)C(C)C. The number of amides is 1. The van der Waals surface area contributed by atoms with Crippen LogP contribution >= 0.6 is 0 Å². The monoisotopic (exact) mass is 507 g/mol. The zero-order valence-corrected chi connectivity index (χ0v) is 20.8. The number of carbonyl (C=O) groups excluding carboxylic acids is 2. The Kier molecular flexibility index (Phi) is 8.82. The number of nitrogens with one attached hydrogen (secondary N) is 1. The molecule has 190 valence electrons. The summed E-state index contributed by atoms with van der Waals surface area (Å²) in [6.07, 6.45) is 0. The van der Waals surface area contributed by atoms with Crippen molar-refractivity contribution in [3.63, 3.8) is 0 Å². The first-order valence-electron chi connectivity index (χ1n) is 11.3. The van der Waals surface area contributed by atoms with Gasteiger partial charge in [-0.05, 0) is 63.2 Å². The van der Waals surface area contributed by atoms with Crippen molar-refractivity contribution >= 4 is 33.3 Å². The van der Waals surface area contributed by atoms with Gasteiger partial charge in [0.1, 0.15) is 10.7 Å². The van der Waals surface area contributed by atoms with Gasteiger partial charge in [0.05, 0.1) is 18.8 Å². The van der Waals surface area contributed by atoms with E-state index < -0.39 is 39.2 Å². The molecule has 11 heteroatoms. The maximum atomic E-state index is 14.3. The topological polar surface area (TPSA) is 105 Å². The molecule has 0 aliphatic carbocycles. The summed E-state index contributed by atoms with van der Waals surface area (Å²) < 4.78 is 51.2. The Morgan fingerprint density at radius 2 is 1.80 bits per heavy atom. The lowest BCUT2D eigenvalue weighted by atomic mass is 10.2. The summed E-state index contributed by atoms with van der Waals surface area (Å²) in [5, 5.41) is 2.64. The summed E-state index contributed by atoms with van der Waals surface area (Å²) in [4.78, 5) is 26.2. The van der Waals surface area contributed by atoms with E-state index in [2.05, 4.69) is 31.0 Å². The van der Waals surface area contributed by atoms with E-state index in [0.29, 0.717) is 11.7 Å². The lowest BCUT2D eigenvalue weighted by molar-refractivity contribution is -0.119. The molecule has 0 atom stereocenters. The van der Waals surface area contributed by atoms with Crippen molar-refractivity contribution in [1.82, 2.24) is 4.31 Å². The maximum Gasteiger partial charge on any atom is 0.338 e. The Morgan fingerprint density at radius 1 is 1.14 bits per heavy atom. The Morgan fingerprint density at radius 3 is 2.40 bits per heavy atom. The lowest BCUT2D eigenvalue weighted by Crippen LogP contribution is -2.41. The van der Waals surface area contributed by atoms with Gasteiger partial charge in [-0.2, -0.15) is 4.31 Å². The highest BCUT2D eigenvalue weighted by Gasteiger charge is 2.30. The molecule has 9 nitrogen and oxygen atoms in total. The van der Waals surface area contributed by atoms with Crippen LogP contribution in [0.4, 0.5) is 15.8 Å². The molecule has 0 unspecified atom stereocenters. The molecule has 0 spiro atoms. The van der Waals surface area contributed by atoms with Gasteiger partial charge in [-0.15, -0.1) is 0 Å². The van der Waals surface area contributed by atoms with E-state index in [-0.39, 0.29) is 31.9 Å². The van der Waals surface area contributed by atoms with E-state index in [1.54, 1.807) is 12.1 Å². The fraction of sp³-hybridized carbons (Fsp3) is 0.417. The molecule has 1 N–H and O–H groups in total. The first-order valence-corrected chi connectivity index (χ1v) is 12.8. The van der Waals surface area contributed by atoms with Gasteiger partial charge < -0.3 is 19.7 Å². The number of halogens is 1. The Bertz CT molecular complexity index is 1150. The van der Waals surface area contributed by atoms with Crippen molar-refractivity contribution < 1.29 is 31.9 Å². The van der Waals surface area contributed by atoms with Gasteiger partial charge in [-0.3, -0.25) is 4.79 Å². The summed E-state index contributed by atoms with van der Waals surface area (Å²) >= 11 is 0. The van der Waals surface area contributed by atoms with Crippen molar-refractivity contribution in [2.75, 3.05) is 49.7 Å². The Labute approximate surface area is 204 Å². The molecule has 1 saturated heterocycles. The highest BCUT2D eigenvalue weighted by atomic mass is 32.2. The molecule has 1 heterocycles. The van der Waals surface area contributed by atoms with Crippen LogP contribution in [0, 0.1) is 5.82 Å². The van der Waals surface area contributed by atoms with Crippen molar-refractivity contribution in [3.05, 3.63) is 53.8 Å². The van der Waals surface area contributed by atoms with Crippen molar-refractivity contribution in [3.8, 4) is 0 Å². The third-order valence-corrected chi connectivity index (χ3v) is 7.45. The molecular weight excluding hydrogens is 477 g/mol. The minimum Gasteiger partial charge on any atom is -0.452 e. The second kappa shape index (κ2) is 11.6. The van der Waals surface area contributed by atoms with E-state index in [0.717, 1.165) is 34.7 Å². The lowest BCUT2D eigenvalue weighted by Gasteiger charge is -2.27. The number of carbonyl (C=O) groups is 2. The van der Waals surface area contributed by atoms with Crippen LogP contribution in [0.15, 0.2) is 47.4 Å². The molecule has 0 radical (unpaired) electrons. The van der Waals surface area contributed by atoms with Crippen molar-refractivity contribution in [2.24, 2.45) is 0 Å². The molecule has 35 heavy (non-hydrogen) atoms. The van der Waals surface area contributed by atoms with Crippen LogP contribution in [0.5, 0.6) is 0 Å². The number of nitrogens with zero attached hydrogens (tertiary/aromatic N) is 2. The van der Waals surface area contributed by atoms with Gasteiger partial charge in [-0.1, -0.05) is 0 Å². The highest BCUT2D eigenvalue weighted by Crippen LogP contribution is 2.23. The molecule has 2 aromatic rings. The molecule has 3 rings (SSSR count). The molecule has 2 aromatic carbocycles. The third kappa shape index (κ3) is 6.56. The van der Waals surface area contributed by atoms with Gasteiger partial charge >= 0.3 is 5.97 Å². The van der Waals surface area contributed by atoms with Crippen LogP contribution < -0.4 is 10.2 Å². The first kappa shape index (κ1) is 26.6. The van der Waals surface area contributed by atoms with Crippen LogP contribution in [0.3, 0.4) is 0 Å². The molecular formula is C24H30FN3O6S. The fourth-order valence-electron chi connectivity index (χ4n) is 3.75. The van der Waals surface area contributed by atoms with Gasteiger partial charge in [0.15, 0.2) is 6.61 Å². The van der Waals surface area contributed by atoms with Gasteiger partial charge in [0.25, 0.3) is 5.91 Å². The smallest absolute Gasteiger partial charge is 0.338 e. The maximum absolute atomic E-state index is 14.3. The molecule has 0 aromatic heterocycles. The number of morpholine rings is 1. The molecule has 1 fully saturated rings. The van der Waals surface area contributed by atoms with E-state index in [9.17, 15) is 22.4 Å². The van der Waals surface area contributed by atoms with Crippen LogP contribution in [-0.4, -0.2) is 70.1 Å². The van der Waals surface area contributed by atoms with Crippen LogP contribution in [0.2, 0.25) is 0 Å². The van der Waals surface area contributed by atoms with Gasteiger partial charge in [0.2, 0.25) is 10.0 Å². The summed E-state index contributed by atoms with van der Waals surface area (Å²) in [6.45, 7) is 7.09. The quantitative estimate of drug-likeness (QED) is 0.521. The minimum atomic E-state index is -4.15. The summed E-state index contributed by atoms with van der Waals surface area (Å²) in [6, 6.07) is 10.5. The zero-order valence-electron chi connectivity index (χ0n) is 20.0. The number of hydrogen-bond acceptors (Lipinski definition) is 7. The number of benzene rings is 2. The van der Waals surface area contributed by atoms with E-state index in [1.165, 1.54) is 0 Å². The van der Waals surface area contributed by atoms with Crippen LogP contribution in [0.1, 0.15) is 31.1 Å². The normalized spacial score (nSPS) is 14.5. The average Bonchev–Trinajstić information content (AvgIpc) is 2.84. The second-order valence-corrected chi connectivity index (χ2v) is 10.1. The van der Waals surface area contributed by atoms with Gasteiger partial charge in [0, 0.05) is 37.1 Å². The molecule has 1 amide bonds. The molecule has 1 aliphatic rings. The Balaban J connectivity index is 1.61. The molecule has 0 saturated carbocycles. The van der Waals surface area contributed by atoms with Crippen molar-refractivity contribution in [1.29, 1.82) is 0 Å². The predicted molar refractivity (Wildman–Crippen MR) is 129 cm³/mol. The first-order chi connectivity index (χ1) is 16.6. The standard InChI is InChI=1S/C24H30FN3O6S/c1-4-28(17(2)3)20-8-6-19(7-9-20)26-23(29)16-34-24(30)18-5-10-21(25)22(15-18)35(31,32)27-11-13-33-14-12-27/h5-10,15,17H,4,11-14,16H2,1-3H3,(H,26,29). The summed E-state index contributed by atoms with van der Waals surface area (Å²) in [5.74, 6) is -2.48. The molecule has 1 aliphatic heterocycles. The van der Waals surface area contributed by atoms with E-state index >= 15 is 0 Å². The van der Waals surface area contributed by atoms with Crippen LogP contribution in [-0.2, 0) is 24.3 Å². The highest BCUT2D eigenvalue weighted by molar-refractivity contribution is 7.89. The number of esters is 1. The summed E-state index contributed by atoms with van der Waals surface area (Å²) in [7, 11) is -4.15. The minimum absolute atomic E-state index is 0.0888. The van der Waals surface area contributed by atoms with E-state index in [4.69, 9.17) is 9.47 Å². The molecule has 0 bridgehead atoms. The zero-order chi connectivity index (χ0) is 25.6. The fourth-order valence-corrected chi connectivity index (χ4v) is 5.25. The van der Waals surface area contributed by atoms with Crippen LogP contribution in [0.25, 0.3) is 0 Å². The summed E-state index contributed by atoms with van der Waals surface area (Å²) in [5.41, 5.74) is 1.38. The third-order valence-electron chi connectivity index (χ3n) is 5.54. The van der Waals surface area contributed by atoms with Crippen molar-refractivity contribution in [2.45, 2.75) is 31.7 Å².